The molecule has 0 saturated carbocycles. The summed E-state index contributed by atoms with van der Waals surface area (Å²) in [7, 11) is 0. The summed E-state index contributed by atoms with van der Waals surface area (Å²) in [6.45, 7) is 6.81. The van der Waals surface area contributed by atoms with E-state index >= 15 is 0 Å². The molecule has 0 fully saturated rings. The van der Waals surface area contributed by atoms with E-state index in [1.54, 1.807) is 40.1 Å². The van der Waals surface area contributed by atoms with Gasteiger partial charge >= 0.3 is 0 Å². The van der Waals surface area contributed by atoms with Crippen LogP contribution in [-0.4, -0.2) is 54.6 Å². The fourth-order valence-electron chi connectivity index (χ4n) is 2.47. The molecular formula is C22H26Br2N6O4. The molecule has 2 aromatic heterocycles. The lowest BCUT2D eigenvalue weighted by Gasteiger charge is -2.18. The smallest absolute Gasteiger partial charge is 0.233 e. The number of aromatic nitrogens is 4. The molecular weight excluding hydrogens is 572 g/mol. The molecule has 0 radical (unpaired) electrons. The normalized spacial score (nSPS) is 14.6. The number of aliphatic hydroxyl groups excluding tert-OH is 2. The van der Waals surface area contributed by atoms with Crippen molar-refractivity contribution >= 4 is 55.1 Å². The van der Waals surface area contributed by atoms with Gasteiger partial charge in [-0.15, -0.1) is 0 Å². The summed E-state index contributed by atoms with van der Waals surface area (Å²) in [6, 6.07) is 7.41. The van der Waals surface area contributed by atoms with Gasteiger partial charge in [-0.3, -0.25) is 0 Å². The van der Waals surface area contributed by atoms with Crippen LogP contribution in [0.1, 0.15) is 27.7 Å². The second-order valence-corrected chi connectivity index (χ2v) is 9.36. The molecule has 0 aliphatic heterocycles. The molecule has 4 atom stereocenters. The maximum absolute atomic E-state index is 9.69. The predicted molar refractivity (Wildman–Crippen MR) is 136 cm³/mol. The van der Waals surface area contributed by atoms with Crippen molar-refractivity contribution < 1.29 is 19.7 Å². The zero-order valence-electron chi connectivity index (χ0n) is 19.0. The van der Waals surface area contributed by atoms with Gasteiger partial charge in [-0.25, -0.2) is 9.97 Å². The lowest BCUT2D eigenvalue weighted by atomic mass is 10.2. The molecule has 34 heavy (non-hydrogen) atoms. The molecule has 0 spiro atoms. The zero-order valence-corrected chi connectivity index (χ0v) is 22.2. The summed E-state index contributed by atoms with van der Waals surface area (Å²) in [5.74, 6) is 1.30. The Morgan fingerprint density at radius 2 is 1.18 bits per heavy atom. The average molecular weight is 598 g/mol. The van der Waals surface area contributed by atoms with Crippen molar-refractivity contribution in [3.8, 4) is 11.8 Å². The average Bonchev–Trinajstić information content (AvgIpc) is 2.78. The van der Waals surface area contributed by atoms with Crippen LogP contribution >= 0.6 is 31.9 Å². The van der Waals surface area contributed by atoms with Crippen LogP contribution in [0.15, 0.2) is 45.6 Å². The number of nitrogens with one attached hydrogen (secondary N) is 2. The molecule has 1 aromatic carbocycles. The third-order valence-corrected chi connectivity index (χ3v) is 5.84. The van der Waals surface area contributed by atoms with Crippen molar-refractivity contribution in [1.29, 1.82) is 0 Å². The van der Waals surface area contributed by atoms with Crippen LogP contribution in [-0.2, 0) is 0 Å². The maximum atomic E-state index is 9.69. The van der Waals surface area contributed by atoms with Gasteiger partial charge in [0.2, 0.25) is 23.7 Å². The second kappa shape index (κ2) is 11.7. The molecule has 10 nitrogen and oxygen atoms in total. The molecule has 0 aliphatic rings. The first kappa shape index (κ1) is 26.1. The Balaban J connectivity index is 1.74. The van der Waals surface area contributed by atoms with Crippen LogP contribution in [0, 0.1) is 0 Å². The summed E-state index contributed by atoms with van der Waals surface area (Å²) < 4.78 is 12.6. The van der Waals surface area contributed by atoms with E-state index in [-0.39, 0.29) is 0 Å². The van der Waals surface area contributed by atoms with E-state index < -0.39 is 24.4 Å². The Labute approximate surface area is 214 Å². The van der Waals surface area contributed by atoms with Crippen LogP contribution in [0.5, 0.6) is 11.8 Å². The number of halogens is 2. The highest BCUT2D eigenvalue weighted by atomic mass is 79.9. The van der Waals surface area contributed by atoms with E-state index in [4.69, 9.17) is 9.47 Å². The van der Waals surface area contributed by atoms with Gasteiger partial charge in [0.15, 0.2) is 0 Å². The van der Waals surface area contributed by atoms with Crippen LogP contribution < -0.4 is 20.1 Å². The highest BCUT2D eigenvalue weighted by molar-refractivity contribution is 9.10. The first-order valence-corrected chi connectivity index (χ1v) is 12.1. The van der Waals surface area contributed by atoms with Gasteiger partial charge in [-0.1, -0.05) is 6.07 Å². The second-order valence-electron chi connectivity index (χ2n) is 7.65. The Morgan fingerprint density at radius 3 is 1.56 bits per heavy atom. The first-order chi connectivity index (χ1) is 16.1. The lowest BCUT2D eigenvalue weighted by Crippen LogP contribution is -2.26. The van der Waals surface area contributed by atoms with Crippen molar-refractivity contribution in [3.05, 3.63) is 45.6 Å². The van der Waals surface area contributed by atoms with Crippen molar-refractivity contribution in [2.75, 3.05) is 10.6 Å². The minimum absolute atomic E-state index is 0.322. The van der Waals surface area contributed by atoms with Gasteiger partial charge in [-0.2, -0.15) is 9.97 Å². The SMILES string of the molecule is C[C@@H](O)[C@@H](C)Oc1nc(Nc2cccc(Nc3ncc(Br)c(O[C@H](C)[C@@H](C)O)n3)c2)ncc1Br. The number of aliphatic hydroxyl groups is 2. The number of benzene rings is 1. The monoisotopic (exact) mass is 596 g/mol. The fraction of sp³-hybridized carbons (Fsp3) is 0.364. The summed E-state index contributed by atoms with van der Waals surface area (Å²) in [4.78, 5) is 17.3. The molecule has 182 valence electrons. The quantitative estimate of drug-likeness (QED) is 0.263. The molecule has 0 unspecified atom stereocenters. The zero-order chi connectivity index (χ0) is 24.8. The first-order valence-electron chi connectivity index (χ1n) is 10.5. The van der Waals surface area contributed by atoms with Gasteiger partial charge in [0.25, 0.3) is 0 Å². The van der Waals surface area contributed by atoms with Crippen LogP contribution in [0.3, 0.4) is 0 Å². The van der Waals surface area contributed by atoms with Gasteiger partial charge in [0, 0.05) is 11.4 Å². The third-order valence-electron chi connectivity index (χ3n) is 4.75. The largest absolute Gasteiger partial charge is 0.471 e. The Kier molecular flexibility index (Phi) is 9.00. The predicted octanol–water partition coefficient (Wildman–Crippen LogP) is 4.58. The molecule has 3 aromatic rings. The summed E-state index contributed by atoms with van der Waals surface area (Å²) >= 11 is 6.73. The highest BCUT2D eigenvalue weighted by Crippen LogP contribution is 2.28. The molecule has 3 rings (SSSR count). The van der Waals surface area contributed by atoms with Crippen LogP contribution in [0.2, 0.25) is 0 Å². The molecule has 0 amide bonds. The number of anilines is 4. The number of ether oxygens (including phenoxy) is 2. The van der Waals surface area contributed by atoms with E-state index in [2.05, 4.69) is 62.4 Å². The third kappa shape index (κ3) is 7.23. The number of hydrogen-bond donors (Lipinski definition) is 4. The van der Waals surface area contributed by atoms with Crippen molar-refractivity contribution in [3.63, 3.8) is 0 Å². The van der Waals surface area contributed by atoms with Crippen LogP contribution in [0.25, 0.3) is 0 Å². The summed E-state index contributed by atoms with van der Waals surface area (Å²) in [6.07, 6.45) is 0.982. The summed E-state index contributed by atoms with van der Waals surface area (Å²) in [5, 5.41) is 25.6. The minimum Gasteiger partial charge on any atom is -0.471 e. The molecule has 4 N–H and O–H groups in total. The van der Waals surface area contributed by atoms with E-state index in [1.807, 2.05) is 24.3 Å². The van der Waals surface area contributed by atoms with E-state index in [9.17, 15) is 10.2 Å². The topological polar surface area (TPSA) is 135 Å². The molecule has 0 aliphatic carbocycles. The van der Waals surface area contributed by atoms with Gasteiger partial charge < -0.3 is 30.3 Å². The lowest BCUT2D eigenvalue weighted by molar-refractivity contribution is 0.0569. The number of hydrogen-bond acceptors (Lipinski definition) is 10. The van der Waals surface area contributed by atoms with Crippen LogP contribution in [0.4, 0.5) is 23.3 Å². The Bertz CT molecular complexity index is 1040. The summed E-state index contributed by atoms with van der Waals surface area (Å²) in [5.41, 5.74) is 1.44. The Morgan fingerprint density at radius 1 is 0.765 bits per heavy atom. The Hall–Kier alpha value is -2.54. The van der Waals surface area contributed by atoms with Gasteiger partial charge in [0.05, 0.1) is 33.5 Å². The standard InChI is InChI=1S/C22H26Br2N6O4/c1-11(31)13(3)33-19-17(23)9-25-21(29-19)27-15-6-5-7-16(8-15)28-22-26-10-18(24)20(30-22)34-14(4)12(2)32/h5-14,31-32H,1-4H3,(H,25,27,29)(H,26,28,30)/t11-,12-,13-,14-/m1/s1. The molecule has 12 heteroatoms. The van der Waals surface area contributed by atoms with E-state index in [0.29, 0.717) is 32.6 Å². The van der Waals surface area contributed by atoms with Gasteiger partial charge in [0.1, 0.15) is 12.2 Å². The molecule has 0 bridgehead atoms. The molecule has 2 heterocycles. The van der Waals surface area contributed by atoms with Crippen molar-refractivity contribution in [2.45, 2.75) is 52.1 Å². The van der Waals surface area contributed by atoms with E-state index in [1.165, 1.54) is 0 Å². The fourth-order valence-corrected chi connectivity index (χ4v) is 3.04. The number of rotatable bonds is 10. The number of nitrogens with zero attached hydrogens (tertiary/aromatic N) is 4. The molecule has 0 saturated heterocycles. The van der Waals surface area contributed by atoms with Crippen molar-refractivity contribution in [2.24, 2.45) is 0 Å². The van der Waals surface area contributed by atoms with Gasteiger partial charge in [-0.05, 0) is 77.8 Å². The van der Waals surface area contributed by atoms with E-state index in [0.717, 1.165) is 11.4 Å². The highest BCUT2D eigenvalue weighted by Gasteiger charge is 2.16. The van der Waals surface area contributed by atoms with Crippen molar-refractivity contribution in [1.82, 2.24) is 19.9 Å². The minimum atomic E-state index is -0.650. The maximum Gasteiger partial charge on any atom is 0.233 e.